The fraction of sp³-hybridized carbons (Fsp3) is 0.556. The van der Waals surface area contributed by atoms with Crippen LogP contribution in [0.2, 0.25) is 0 Å². The van der Waals surface area contributed by atoms with Crippen LogP contribution in [0.25, 0.3) is 0 Å². The van der Waals surface area contributed by atoms with Gasteiger partial charge in [0, 0.05) is 18.2 Å². The van der Waals surface area contributed by atoms with Crippen LogP contribution < -0.4 is 5.73 Å². The number of halogens is 1. The van der Waals surface area contributed by atoms with Gasteiger partial charge in [-0.2, -0.15) is 0 Å². The van der Waals surface area contributed by atoms with Gasteiger partial charge in [0.2, 0.25) is 0 Å². The van der Waals surface area contributed by atoms with E-state index in [0.29, 0.717) is 18.2 Å². The second kappa shape index (κ2) is 7.59. The Labute approximate surface area is 127 Å². The normalized spacial score (nSPS) is 22.0. The van der Waals surface area contributed by atoms with Crippen molar-refractivity contribution in [2.24, 2.45) is 11.7 Å². The fourth-order valence-electron chi connectivity index (χ4n) is 3.19. The molecule has 1 aromatic carbocycles. The number of nitrogens with zero attached hydrogens (tertiary/aromatic N) is 1. The van der Waals surface area contributed by atoms with Crippen molar-refractivity contribution in [1.82, 2.24) is 4.90 Å². The zero-order valence-electron chi connectivity index (χ0n) is 13.0. The van der Waals surface area contributed by atoms with E-state index in [0.717, 1.165) is 18.0 Å². The minimum absolute atomic E-state index is 0.223. The van der Waals surface area contributed by atoms with Gasteiger partial charge in [0.05, 0.1) is 6.54 Å². The van der Waals surface area contributed by atoms with Crippen LogP contribution in [0.1, 0.15) is 43.7 Å². The molecule has 1 aliphatic carbocycles. The Balaban J connectivity index is 2.06. The molecule has 1 aromatic rings. The molecule has 2 unspecified atom stereocenters. The van der Waals surface area contributed by atoms with E-state index in [2.05, 4.69) is 30.7 Å². The molecule has 2 rings (SSSR count). The largest absolute Gasteiger partial charge is 0.320 e. The third-order valence-corrected chi connectivity index (χ3v) is 4.26. The van der Waals surface area contributed by atoms with Crippen LogP contribution >= 0.6 is 0 Å². The summed E-state index contributed by atoms with van der Waals surface area (Å²) in [5, 5.41) is 0. The monoisotopic (exact) mass is 288 g/mol. The second-order valence-electron chi connectivity index (χ2n) is 6.19. The quantitative estimate of drug-likeness (QED) is 0.866. The van der Waals surface area contributed by atoms with E-state index in [1.165, 1.54) is 31.7 Å². The van der Waals surface area contributed by atoms with Crippen LogP contribution in [0, 0.1) is 23.6 Å². The average molecular weight is 288 g/mol. The van der Waals surface area contributed by atoms with E-state index in [9.17, 15) is 4.39 Å². The Kier molecular flexibility index (Phi) is 5.78. The summed E-state index contributed by atoms with van der Waals surface area (Å²) in [6.45, 7) is 3.39. The highest BCUT2D eigenvalue weighted by atomic mass is 19.1. The van der Waals surface area contributed by atoms with Crippen LogP contribution in [0.4, 0.5) is 4.39 Å². The van der Waals surface area contributed by atoms with Gasteiger partial charge >= 0.3 is 0 Å². The number of hydrogen-bond acceptors (Lipinski definition) is 2. The van der Waals surface area contributed by atoms with Crippen molar-refractivity contribution < 1.29 is 4.39 Å². The summed E-state index contributed by atoms with van der Waals surface area (Å²) in [4.78, 5) is 2.35. The van der Waals surface area contributed by atoms with Crippen molar-refractivity contribution in [3.8, 4) is 11.8 Å². The molecule has 0 saturated heterocycles. The smallest absolute Gasteiger partial charge is 0.124 e. The predicted octanol–water partition coefficient (Wildman–Crippen LogP) is 3.15. The molecular weight excluding hydrogens is 263 g/mol. The number of benzene rings is 1. The molecule has 0 radical (unpaired) electrons. The number of nitrogens with two attached hydrogens (primary N) is 1. The van der Waals surface area contributed by atoms with Gasteiger partial charge in [-0.1, -0.05) is 31.6 Å². The minimum Gasteiger partial charge on any atom is -0.320 e. The molecule has 0 amide bonds. The molecule has 1 saturated carbocycles. The van der Waals surface area contributed by atoms with E-state index in [1.54, 1.807) is 6.07 Å². The lowest BCUT2D eigenvalue weighted by Gasteiger charge is -2.34. The van der Waals surface area contributed by atoms with Gasteiger partial charge in [-0.15, -0.1) is 0 Å². The molecule has 0 aromatic heterocycles. The lowest BCUT2D eigenvalue weighted by Crippen LogP contribution is -2.35. The van der Waals surface area contributed by atoms with Crippen LogP contribution in [-0.4, -0.2) is 24.5 Å². The highest BCUT2D eigenvalue weighted by molar-refractivity contribution is 5.38. The molecule has 0 bridgehead atoms. The average Bonchev–Trinajstić information content (AvgIpc) is 2.44. The van der Waals surface area contributed by atoms with E-state index >= 15 is 0 Å². The summed E-state index contributed by atoms with van der Waals surface area (Å²) < 4.78 is 13.7. The first kappa shape index (κ1) is 16.0. The summed E-state index contributed by atoms with van der Waals surface area (Å²) in [6, 6.07) is 5.65. The van der Waals surface area contributed by atoms with Crippen LogP contribution in [0.15, 0.2) is 18.2 Å². The maximum atomic E-state index is 13.7. The molecular formula is C18H25FN2. The second-order valence-corrected chi connectivity index (χ2v) is 6.19. The summed E-state index contributed by atoms with van der Waals surface area (Å²) in [5.41, 5.74) is 7.06. The van der Waals surface area contributed by atoms with Gasteiger partial charge in [-0.05, 0) is 49.6 Å². The molecule has 1 aliphatic rings. The fourth-order valence-corrected chi connectivity index (χ4v) is 3.19. The number of rotatable bonds is 3. The van der Waals surface area contributed by atoms with Crippen LogP contribution in [0.5, 0.6) is 0 Å². The zero-order valence-corrected chi connectivity index (χ0v) is 13.0. The molecule has 2 N–H and O–H groups in total. The molecule has 1 fully saturated rings. The highest BCUT2D eigenvalue weighted by Crippen LogP contribution is 2.27. The van der Waals surface area contributed by atoms with Crippen LogP contribution in [0.3, 0.4) is 0 Å². The Bertz CT molecular complexity index is 530. The first-order valence-corrected chi connectivity index (χ1v) is 7.77. The Hall–Kier alpha value is -1.37. The van der Waals surface area contributed by atoms with Crippen molar-refractivity contribution in [1.29, 1.82) is 0 Å². The zero-order chi connectivity index (χ0) is 15.2. The SMILES string of the molecule is CC1CCCC(N(C)Cc2cc(F)cc(C#CCN)c2)C1. The van der Waals surface area contributed by atoms with E-state index in [4.69, 9.17) is 5.73 Å². The van der Waals surface area contributed by atoms with Gasteiger partial charge in [0.1, 0.15) is 5.82 Å². The molecule has 0 spiro atoms. The molecule has 0 aliphatic heterocycles. The molecule has 2 atom stereocenters. The Morgan fingerprint density at radius 1 is 1.33 bits per heavy atom. The molecule has 0 heterocycles. The van der Waals surface area contributed by atoms with Crippen molar-refractivity contribution in [2.45, 2.75) is 45.2 Å². The maximum Gasteiger partial charge on any atom is 0.124 e. The van der Waals surface area contributed by atoms with Crippen LogP contribution in [-0.2, 0) is 6.54 Å². The maximum absolute atomic E-state index is 13.7. The summed E-state index contributed by atoms with van der Waals surface area (Å²) in [7, 11) is 2.14. The van der Waals surface area contributed by atoms with Gasteiger partial charge in [-0.3, -0.25) is 4.90 Å². The molecule has 2 nitrogen and oxygen atoms in total. The van der Waals surface area contributed by atoms with Gasteiger partial charge in [0.25, 0.3) is 0 Å². The summed E-state index contributed by atoms with van der Waals surface area (Å²) in [5.74, 6) is 6.26. The first-order valence-electron chi connectivity index (χ1n) is 7.77. The third kappa shape index (κ3) is 4.84. The minimum atomic E-state index is -0.223. The Morgan fingerprint density at radius 2 is 2.14 bits per heavy atom. The van der Waals surface area contributed by atoms with Gasteiger partial charge < -0.3 is 5.73 Å². The molecule has 21 heavy (non-hydrogen) atoms. The molecule has 114 valence electrons. The van der Waals surface area contributed by atoms with Crippen molar-refractivity contribution in [2.75, 3.05) is 13.6 Å². The van der Waals surface area contributed by atoms with Gasteiger partial charge in [-0.25, -0.2) is 4.39 Å². The third-order valence-electron chi connectivity index (χ3n) is 4.26. The number of hydrogen-bond donors (Lipinski definition) is 1. The van der Waals surface area contributed by atoms with E-state index in [1.807, 2.05) is 6.07 Å². The van der Waals surface area contributed by atoms with E-state index in [-0.39, 0.29) is 5.82 Å². The van der Waals surface area contributed by atoms with Crippen molar-refractivity contribution in [3.63, 3.8) is 0 Å². The standard InChI is InChI=1S/C18H25FN2/c1-14-5-3-7-18(9-14)21(2)13-16-10-15(6-4-8-20)11-17(19)12-16/h10-12,14,18H,3,5,7-9,13,20H2,1-2H3. The molecule has 3 heteroatoms. The van der Waals surface area contributed by atoms with Crippen molar-refractivity contribution in [3.05, 3.63) is 35.1 Å². The Morgan fingerprint density at radius 3 is 2.86 bits per heavy atom. The summed E-state index contributed by atoms with van der Waals surface area (Å²) >= 11 is 0. The van der Waals surface area contributed by atoms with Gasteiger partial charge in [0.15, 0.2) is 0 Å². The topological polar surface area (TPSA) is 29.3 Å². The first-order chi connectivity index (χ1) is 10.1. The lowest BCUT2D eigenvalue weighted by atomic mass is 9.86. The predicted molar refractivity (Wildman–Crippen MR) is 85.2 cm³/mol. The van der Waals surface area contributed by atoms with Crippen molar-refractivity contribution >= 4 is 0 Å². The lowest BCUT2D eigenvalue weighted by molar-refractivity contribution is 0.157. The summed E-state index contributed by atoms with van der Waals surface area (Å²) in [6.07, 6.45) is 5.12. The highest BCUT2D eigenvalue weighted by Gasteiger charge is 2.22. The van der Waals surface area contributed by atoms with E-state index < -0.39 is 0 Å².